The summed E-state index contributed by atoms with van der Waals surface area (Å²) in [5.41, 5.74) is 10.4. The fourth-order valence-electron chi connectivity index (χ4n) is 5.19. The second kappa shape index (κ2) is 8.61. The number of pyridine rings is 2. The summed E-state index contributed by atoms with van der Waals surface area (Å²) < 4.78 is 0. The highest BCUT2D eigenvalue weighted by atomic mass is 35.5. The van der Waals surface area contributed by atoms with E-state index in [2.05, 4.69) is 30.9 Å². The zero-order valence-corrected chi connectivity index (χ0v) is 21.1. The van der Waals surface area contributed by atoms with Crippen molar-refractivity contribution in [3.8, 4) is 0 Å². The molecule has 1 fully saturated rings. The zero-order valence-electron chi connectivity index (χ0n) is 19.6. The first-order valence-electron chi connectivity index (χ1n) is 11.6. The van der Waals surface area contributed by atoms with Crippen molar-refractivity contribution in [2.75, 3.05) is 37.0 Å². The summed E-state index contributed by atoms with van der Waals surface area (Å²) in [6, 6.07) is 6.04. The van der Waals surface area contributed by atoms with Crippen molar-refractivity contribution in [1.82, 2.24) is 29.9 Å². The van der Waals surface area contributed by atoms with E-state index in [1.807, 2.05) is 37.3 Å². The molecule has 9 nitrogen and oxygen atoms in total. The van der Waals surface area contributed by atoms with Crippen LogP contribution in [-0.4, -0.2) is 57.1 Å². The fraction of sp³-hybridized carbons (Fsp3) is 0.375. The normalized spacial score (nSPS) is 18.9. The minimum absolute atomic E-state index is 0.0416. The summed E-state index contributed by atoms with van der Waals surface area (Å²) in [6.07, 6.45) is 8.30. The van der Waals surface area contributed by atoms with Crippen molar-refractivity contribution in [3.05, 3.63) is 53.1 Å². The molecule has 0 bridgehead atoms. The Morgan fingerprint density at radius 2 is 1.97 bits per heavy atom. The summed E-state index contributed by atoms with van der Waals surface area (Å²) in [4.78, 5) is 31.3. The van der Waals surface area contributed by atoms with Crippen LogP contribution in [0.1, 0.15) is 30.1 Å². The van der Waals surface area contributed by atoms with Crippen molar-refractivity contribution in [2.45, 2.75) is 35.2 Å². The lowest BCUT2D eigenvalue weighted by Crippen LogP contribution is -2.44. The summed E-state index contributed by atoms with van der Waals surface area (Å²) >= 11 is 8.01. The average Bonchev–Trinajstić information content (AvgIpc) is 3.40. The number of H-pyrrole nitrogens is 1. The van der Waals surface area contributed by atoms with Gasteiger partial charge in [0.2, 0.25) is 5.95 Å². The quantitative estimate of drug-likeness (QED) is 0.425. The molecule has 4 aromatic rings. The van der Waals surface area contributed by atoms with Crippen LogP contribution < -0.4 is 15.5 Å². The van der Waals surface area contributed by atoms with Crippen LogP contribution >= 0.6 is 23.4 Å². The summed E-state index contributed by atoms with van der Waals surface area (Å²) in [7, 11) is 3.83. The first kappa shape index (κ1) is 22.5. The molecule has 1 aliphatic carbocycles. The maximum atomic E-state index is 6.70. The fourth-order valence-corrected chi connectivity index (χ4v) is 6.36. The maximum Gasteiger partial charge on any atom is 0.206 e. The van der Waals surface area contributed by atoms with Crippen molar-refractivity contribution in [2.24, 2.45) is 11.1 Å². The third-order valence-corrected chi connectivity index (χ3v) is 8.60. The van der Waals surface area contributed by atoms with E-state index in [1.165, 1.54) is 17.3 Å². The van der Waals surface area contributed by atoms with E-state index in [-0.39, 0.29) is 11.5 Å². The first-order valence-corrected chi connectivity index (χ1v) is 12.8. The number of aromatic amines is 1. The second-order valence-electron chi connectivity index (χ2n) is 9.43. The first-order chi connectivity index (χ1) is 16.9. The predicted octanol–water partition coefficient (Wildman–Crippen LogP) is 3.86. The maximum absolute atomic E-state index is 6.70. The Hall–Kier alpha value is -2.95. The number of hydrogen-bond acceptors (Lipinski definition) is 9. The van der Waals surface area contributed by atoms with Gasteiger partial charge in [0.05, 0.1) is 11.2 Å². The second-order valence-corrected chi connectivity index (χ2v) is 10.9. The molecule has 0 radical (unpaired) electrons. The number of fused-ring (bicyclic) bond motifs is 2. The minimum Gasteiger partial charge on any atom is -0.361 e. The number of nitrogens with zero attached hydrogens (tertiary/aromatic N) is 7. The lowest BCUT2D eigenvalue weighted by atomic mass is 9.73. The molecule has 0 aromatic carbocycles. The van der Waals surface area contributed by atoms with Crippen molar-refractivity contribution >= 4 is 46.4 Å². The number of hydrogen-bond donors (Lipinski definition) is 2. The van der Waals surface area contributed by atoms with Gasteiger partial charge >= 0.3 is 0 Å². The third-order valence-electron chi connectivity index (χ3n) is 7.15. The summed E-state index contributed by atoms with van der Waals surface area (Å²) in [6.45, 7) is 1.76. The highest BCUT2D eigenvalue weighted by Crippen LogP contribution is 2.50. The molecule has 5 heterocycles. The molecule has 6 rings (SSSR count). The Kier molecular flexibility index (Phi) is 5.54. The van der Waals surface area contributed by atoms with E-state index in [0.29, 0.717) is 16.3 Å². The zero-order chi connectivity index (χ0) is 24.2. The summed E-state index contributed by atoms with van der Waals surface area (Å²) in [5.74, 6) is 1.52. The molecule has 4 aromatic heterocycles. The Labute approximate surface area is 212 Å². The lowest BCUT2D eigenvalue weighted by Gasteiger charge is -2.41. The smallest absolute Gasteiger partial charge is 0.206 e. The lowest BCUT2D eigenvalue weighted by molar-refractivity contribution is 0.186. The van der Waals surface area contributed by atoms with Gasteiger partial charge < -0.3 is 20.5 Å². The van der Waals surface area contributed by atoms with E-state index in [4.69, 9.17) is 27.3 Å². The van der Waals surface area contributed by atoms with Gasteiger partial charge in [0.15, 0.2) is 11.3 Å². The standard InChI is InChI=1S/C24H26ClN9S/c1-33(2)22-18(25)16(5-9-28-22)35-17-13-29-20-21(30-17)32-23(31-20)34-10-6-24(7-11-34)12-15-14(19(24)26)4-3-8-27-15/h3-5,8-9,13,19H,6-7,10-12,26H2,1-2H3,(H,29,30,31,32). The summed E-state index contributed by atoms with van der Waals surface area (Å²) in [5, 5.41) is 1.34. The molecule has 1 aliphatic heterocycles. The van der Waals surface area contributed by atoms with Gasteiger partial charge in [0.1, 0.15) is 10.8 Å². The number of nitrogens with two attached hydrogens (primary N) is 1. The molecule has 0 saturated carbocycles. The molecule has 2 aliphatic rings. The number of aromatic nitrogens is 6. The average molecular weight is 508 g/mol. The molecule has 1 unspecified atom stereocenters. The Balaban J connectivity index is 1.19. The van der Waals surface area contributed by atoms with E-state index < -0.39 is 0 Å². The number of nitrogens with one attached hydrogen (secondary N) is 1. The molecular formula is C24H26ClN9S. The van der Waals surface area contributed by atoms with Crippen LogP contribution in [0.3, 0.4) is 0 Å². The van der Waals surface area contributed by atoms with Gasteiger partial charge in [-0.1, -0.05) is 29.4 Å². The Morgan fingerprint density at radius 3 is 2.74 bits per heavy atom. The van der Waals surface area contributed by atoms with Crippen molar-refractivity contribution < 1.29 is 0 Å². The van der Waals surface area contributed by atoms with Gasteiger partial charge in [-0.15, -0.1) is 0 Å². The molecule has 0 amide bonds. The van der Waals surface area contributed by atoms with Crippen molar-refractivity contribution in [3.63, 3.8) is 0 Å². The van der Waals surface area contributed by atoms with Crippen molar-refractivity contribution in [1.29, 1.82) is 0 Å². The van der Waals surface area contributed by atoms with Crippen LogP contribution in [0.5, 0.6) is 0 Å². The van der Waals surface area contributed by atoms with Gasteiger partial charge in [-0.2, -0.15) is 4.98 Å². The van der Waals surface area contributed by atoms with Gasteiger partial charge in [0.25, 0.3) is 0 Å². The molecule has 1 atom stereocenters. The van der Waals surface area contributed by atoms with Crippen LogP contribution in [0.4, 0.5) is 11.8 Å². The topological polar surface area (TPSA) is 113 Å². The highest BCUT2D eigenvalue weighted by Gasteiger charge is 2.46. The van der Waals surface area contributed by atoms with Gasteiger partial charge in [-0.05, 0) is 42.4 Å². The van der Waals surface area contributed by atoms with Gasteiger partial charge in [-0.25, -0.2) is 15.0 Å². The number of anilines is 2. The van der Waals surface area contributed by atoms with Crippen LogP contribution in [0, 0.1) is 5.41 Å². The van der Waals surface area contributed by atoms with Gasteiger partial charge in [0, 0.05) is 56.2 Å². The Bertz CT molecular complexity index is 1400. The molecule has 11 heteroatoms. The molecular weight excluding hydrogens is 482 g/mol. The predicted molar refractivity (Wildman–Crippen MR) is 138 cm³/mol. The molecule has 1 saturated heterocycles. The van der Waals surface area contributed by atoms with E-state index in [9.17, 15) is 0 Å². The molecule has 35 heavy (non-hydrogen) atoms. The monoisotopic (exact) mass is 507 g/mol. The SMILES string of the molecule is CN(C)c1nccc(Sc2cnc3nc(N4CCC5(CC4)Cc4ncccc4C5N)[nH]c3n2)c1Cl. The van der Waals surface area contributed by atoms with Crippen LogP contribution in [0.15, 0.2) is 46.7 Å². The van der Waals surface area contributed by atoms with Crippen LogP contribution in [0.2, 0.25) is 5.02 Å². The molecule has 180 valence electrons. The molecule has 3 N–H and O–H groups in total. The Morgan fingerprint density at radius 1 is 1.14 bits per heavy atom. The largest absolute Gasteiger partial charge is 0.361 e. The van der Waals surface area contributed by atoms with E-state index in [1.54, 1.807) is 12.4 Å². The number of halogens is 1. The third kappa shape index (κ3) is 3.89. The van der Waals surface area contributed by atoms with E-state index in [0.717, 1.165) is 59.7 Å². The minimum atomic E-state index is 0.0416. The van der Waals surface area contributed by atoms with Crippen LogP contribution in [0.25, 0.3) is 11.3 Å². The molecule has 1 spiro atoms. The van der Waals surface area contributed by atoms with Crippen LogP contribution in [-0.2, 0) is 6.42 Å². The number of imidazole rings is 1. The van der Waals surface area contributed by atoms with E-state index >= 15 is 0 Å². The number of rotatable bonds is 4. The number of piperidine rings is 1. The highest BCUT2D eigenvalue weighted by molar-refractivity contribution is 7.99. The van der Waals surface area contributed by atoms with Gasteiger partial charge in [-0.3, -0.25) is 4.98 Å².